The van der Waals surface area contributed by atoms with E-state index in [0.29, 0.717) is 11.3 Å². The number of amides is 3. The molecule has 0 aromatic heterocycles. The Bertz CT molecular complexity index is 553. The minimum absolute atomic E-state index is 0.0193. The van der Waals surface area contributed by atoms with Gasteiger partial charge in [0.05, 0.1) is 12.5 Å². The molecule has 1 aliphatic rings. The molecule has 0 spiro atoms. The molecular formula is C14H15NO6. The van der Waals surface area contributed by atoms with E-state index in [1.165, 1.54) is 0 Å². The molecule has 0 bridgehead atoms. The minimum atomic E-state index is -1.54. The molecule has 0 saturated carbocycles. The molecule has 1 fully saturated rings. The van der Waals surface area contributed by atoms with Crippen molar-refractivity contribution < 1.29 is 29.3 Å². The summed E-state index contributed by atoms with van der Waals surface area (Å²) in [7, 11) is 0. The van der Waals surface area contributed by atoms with Crippen LogP contribution in [-0.4, -0.2) is 46.2 Å². The molecule has 1 aromatic carbocycles. The van der Waals surface area contributed by atoms with Gasteiger partial charge in [-0.1, -0.05) is 12.1 Å². The maximum Gasteiger partial charge on any atom is 0.421 e. The Balaban J connectivity index is 2.15. The SMILES string of the molecule is O=C(O)N1C(=O)CCC(c2ccc(OCCO)cc2)C1=O. The monoisotopic (exact) mass is 293 g/mol. The summed E-state index contributed by atoms with van der Waals surface area (Å²) in [6, 6.07) is 6.59. The van der Waals surface area contributed by atoms with Crippen molar-refractivity contribution in [3.8, 4) is 5.75 Å². The number of hydrogen-bond donors (Lipinski definition) is 2. The fourth-order valence-electron chi connectivity index (χ4n) is 2.25. The fourth-order valence-corrected chi connectivity index (χ4v) is 2.25. The molecule has 1 unspecified atom stereocenters. The van der Waals surface area contributed by atoms with E-state index in [4.69, 9.17) is 14.9 Å². The Labute approximate surface area is 120 Å². The Morgan fingerprint density at radius 1 is 1.29 bits per heavy atom. The lowest BCUT2D eigenvalue weighted by Gasteiger charge is -2.27. The zero-order valence-electron chi connectivity index (χ0n) is 11.2. The highest BCUT2D eigenvalue weighted by atomic mass is 16.5. The lowest BCUT2D eigenvalue weighted by molar-refractivity contribution is -0.146. The van der Waals surface area contributed by atoms with Gasteiger partial charge in [0, 0.05) is 6.42 Å². The van der Waals surface area contributed by atoms with Gasteiger partial charge in [0.1, 0.15) is 12.4 Å². The number of nitrogens with zero attached hydrogens (tertiary/aromatic N) is 1. The summed E-state index contributed by atoms with van der Waals surface area (Å²) < 4.78 is 5.21. The van der Waals surface area contributed by atoms with Crippen LogP contribution in [0.25, 0.3) is 0 Å². The Morgan fingerprint density at radius 2 is 1.95 bits per heavy atom. The van der Waals surface area contributed by atoms with Crippen molar-refractivity contribution in [3.63, 3.8) is 0 Å². The third-order valence-electron chi connectivity index (χ3n) is 3.25. The second kappa shape index (κ2) is 6.36. The Kier molecular flexibility index (Phi) is 4.54. The van der Waals surface area contributed by atoms with Gasteiger partial charge in [0.15, 0.2) is 0 Å². The van der Waals surface area contributed by atoms with Gasteiger partial charge >= 0.3 is 6.09 Å². The van der Waals surface area contributed by atoms with Crippen LogP contribution in [0, 0.1) is 0 Å². The van der Waals surface area contributed by atoms with E-state index in [-0.39, 0.29) is 31.0 Å². The molecule has 0 aliphatic carbocycles. The van der Waals surface area contributed by atoms with Gasteiger partial charge < -0.3 is 14.9 Å². The van der Waals surface area contributed by atoms with Gasteiger partial charge in [-0.25, -0.2) is 4.79 Å². The van der Waals surface area contributed by atoms with Crippen molar-refractivity contribution in [1.29, 1.82) is 0 Å². The summed E-state index contributed by atoms with van der Waals surface area (Å²) in [6.45, 7) is 0.0710. The van der Waals surface area contributed by atoms with Gasteiger partial charge in [-0.2, -0.15) is 4.90 Å². The minimum Gasteiger partial charge on any atom is -0.491 e. The van der Waals surface area contributed by atoms with Gasteiger partial charge in [-0.15, -0.1) is 0 Å². The quantitative estimate of drug-likeness (QED) is 0.801. The predicted octanol–water partition coefficient (Wildman–Crippen LogP) is 0.968. The largest absolute Gasteiger partial charge is 0.491 e. The molecule has 1 atom stereocenters. The molecule has 2 N–H and O–H groups in total. The number of aliphatic hydroxyl groups excluding tert-OH is 1. The number of hydrogen-bond acceptors (Lipinski definition) is 5. The average Bonchev–Trinajstić information content (AvgIpc) is 2.46. The average molecular weight is 293 g/mol. The Hall–Kier alpha value is -2.41. The van der Waals surface area contributed by atoms with Crippen LogP contribution in [0.3, 0.4) is 0 Å². The number of benzene rings is 1. The molecule has 0 radical (unpaired) electrons. The van der Waals surface area contributed by atoms with E-state index < -0.39 is 23.8 Å². The first-order valence-corrected chi connectivity index (χ1v) is 6.48. The molecule has 1 saturated heterocycles. The van der Waals surface area contributed by atoms with Crippen molar-refractivity contribution >= 4 is 17.9 Å². The topological polar surface area (TPSA) is 104 Å². The normalized spacial score (nSPS) is 18.7. The van der Waals surface area contributed by atoms with Gasteiger partial charge in [-0.05, 0) is 24.1 Å². The number of rotatable bonds is 4. The van der Waals surface area contributed by atoms with Crippen molar-refractivity contribution in [2.75, 3.05) is 13.2 Å². The lowest BCUT2D eigenvalue weighted by Crippen LogP contribution is -2.47. The lowest BCUT2D eigenvalue weighted by atomic mass is 9.89. The van der Waals surface area contributed by atoms with Crippen molar-refractivity contribution in [1.82, 2.24) is 4.90 Å². The molecular weight excluding hydrogens is 278 g/mol. The van der Waals surface area contributed by atoms with Crippen LogP contribution in [0.15, 0.2) is 24.3 Å². The summed E-state index contributed by atoms with van der Waals surface area (Å²) in [5.41, 5.74) is 0.634. The van der Waals surface area contributed by atoms with Crippen LogP contribution < -0.4 is 4.74 Å². The number of carbonyl (C=O) groups is 3. The van der Waals surface area contributed by atoms with Crippen LogP contribution in [0.1, 0.15) is 24.3 Å². The van der Waals surface area contributed by atoms with Crippen LogP contribution in [0.4, 0.5) is 4.79 Å². The fraction of sp³-hybridized carbons (Fsp3) is 0.357. The van der Waals surface area contributed by atoms with E-state index >= 15 is 0 Å². The summed E-state index contributed by atoms with van der Waals surface area (Å²) in [5, 5.41) is 17.6. The number of carboxylic acid groups (broad SMARTS) is 1. The first kappa shape index (κ1) is 15.0. The smallest absolute Gasteiger partial charge is 0.421 e. The Morgan fingerprint density at radius 3 is 2.52 bits per heavy atom. The third-order valence-corrected chi connectivity index (χ3v) is 3.25. The first-order valence-electron chi connectivity index (χ1n) is 6.48. The standard InChI is InChI=1S/C14H15NO6/c16-7-8-21-10-3-1-9(2-4-10)11-5-6-12(17)15(13(11)18)14(19)20/h1-4,11,16H,5-8H2,(H,19,20). The first-order chi connectivity index (χ1) is 10.0. The molecule has 7 heteroatoms. The highest BCUT2D eigenvalue weighted by molar-refractivity contribution is 6.11. The maximum atomic E-state index is 12.1. The van der Waals surface area contributed by atoms with Gasteiger partial charge in [0.25, 0.3) is 0 Å². The second-order valence-electron chi connectivity index (χ2n) is 4.58. The number of aliphatic hydroxyl groups is 1. The second-order valence-corrected chi connectivity index (χ2v) is 4.58. The van der Waals surface area contributed by atoms with E-state index in [0.717, 1.165) is 0 Å². The molecule has 112 valence electrons. The van der Waals surface area contributed by atoms with Crippen LogP contribution in [0.5, 0.6) is 5.75 Å². The van der Waals surface area contributed by atoms with Crippen molar-refractivity contribution in [3.05, 3.63) is 29.8 Å². The molecule has 2 rings (SSSR count). The molecule has 1 heterocycles. The molecule has 3 amide bonds. The predicted molar refractivity (Wildman–Crippen MR) is 70.9 cm³/mol. The third kappa shape index (κ3) is 3.19. The van der Waals surface area contributed by atoms with Crippen LogP contribution in [0.2, 0.25) is 0 Å². The summed E-state index contributed by atoms with van der Waals surface area (Å²) in [4.78, 5) is 34.8. The molecule has 7 nitrogen and oxygen atoms in total. The zero-order valence-corrected chi connectivity index (χ0v) is 11.2. The summed E-state index contributed by atoms with van der Waals surface area (Å²) in [5.74, 6) is -1.51. The van der Waals surface area contributed by atoms with Crippen LogP contribution >= 0.6 is 0 Å². The van der Waals surface area contributed by atoms with Gasteiger partial charge in [0.2, 0.25) is 11.8 Å². The van der Waals surface area contributed by atoms with Gasteiger partial charge in [-0.3, -0.25) is 9.59 Å². The highest BCUT2D eigenvalue weighted by Gasteiger charge is 2.39. The van der Waals surface area contributed by atoms with E-state index in [1.807, 2.05) is 0 Å². The molecule has 1 aromatic rings. The molecule has 21 heavy (non-hydrogen) atoms. The maximum absolute atomic E-state index is 12.1. The summed E-state index contributed by atoms with van der Waals surface area (Å²) >= 11 is 0. The van der Waals surface area contributed by atoms with E-state index in [1.54, 1.807) is 24.3 Å². The summed E-state index contributed by atoms with van der Waals surface area (Å²) in [6.07, 6.45) is -1.23. The number of imide groups is 3. The van der Waals surface area contributed by atoms with E-state index in [2.05, 4.69) is 0 Å². The van der Waals surface area contributed by atoms with E-state index in [9.17, 15) is 14.4 Å². The number of ether oxygens (including phenoxy) is 1. The zero-order chi connectivity index (χ0) is 15.4. The number of carbonyl (C=O) groups excluding carboxylic acids is 2. The highest BCUT2D eigenvalue weighted by Crippen LogP contribution is 2.30. The van der Waals surface area contributed by atoms with Crippen LogP contribution in [-0.2, 0) is 9.59 Å². The van der Waals surface area contributed by atoms with Crippen molar-refractivity contribution in [2.45, 2.75) is 18.8 Å². The number of piperidine rings is 1. The van der Waals surface area contributed by atoms with Crippen molar-refractivity contribution in [2.24, 2.45) is 0 Å². The number of likely N-dealkylation sites (tertiary alicyclic amines) is 1. The molecule has 1 aliphatic heterocycles.